The summed E-state index contributed by atoms with van der Waals surface area (Å²) in [6.07, 6.45) is 12.1. The fraction of sp³-hybridized carbons (Fsp3) is 0.458. The SMILES string of the molecule is Cc1cnc(CN2CC3(CCCN(C/C=C/c4ccccc4)C3)CCC2=O)cn1. The molecule has 0 saturated carbocycles. The van der Waals surface area contributed by atoms with E-state index in [4.69, 9.17) is 0 Å². The number of likely N-dealkylation sites (tertiary alicyclic amines) is 2. The van der Waals surface area contributed by atoms with E-state index in [2.05, 4.69) is 51.3 Å². The number of hydrogen-bond acceptors (Lipinski definition) is 4. The second kappa shape index (κ2) is 8.87. The highest BCUT2D eigenvalue weighted by Gasteiger charge is 2.41. The van der Waals surface area contributed by atoms with Crippen LogP contribution in [-0.2, 0) is 11.3 Å². The molecule has 1 spiro atoms. The topological polar surface area (TPSA) is 49.3 Å². The van der Waals surface area contributed by atoms with Crippen molar-refractivity contribution in [2.75, 3.05) is 26.2 Å². The Kier molecular flexibility index (Phi) is 6.05. The van der Waals surface area contributed by atoms with Crippen LogP contribution < -0.4 is 0 Å². The van der Waals surface area contributed by atoms with Crippen molar-refractivity contribution < 1.29 is 4.79 Å². The molecule has 1 atom stereocenters. The summed E-state index contributed by atoms with van der Waals surface area (Å²) < 4.78 is 0. The molecule has 2 aromatic rings. The van der Waals surface area contributed by atoms with Crippen molar-refractivity contribution in [1.82, 2.24) is 19.8 Å². The van der Waals surface area contributed by atoms with Gasteiger partial charge in [-0.15, -0.1) is 0 Å². The van der Waals surface area contributed by atoms with Crippen molar-refractivity contribution in [2.24, 2.45) is 5.41 Å². The van der Waals surface area contributed by atoms with Crippen LogP contribution in [0.5, 0.6) is 0 Å². The third-order valence-electron chi connectivity index (χ3n) is 6.15. The third kappa shape index (κ3) is 5.10. The average molecular weight is 391 g/mol. The maximum absolute atomic E-state index is 12.6. The lowest BCUT2D eigenvalue weighted by atomic mass is 9.73. The smallest absolute Gasteiger partial charge is 0.222 e. The zero-order chi connectivity index (χ0) is 20.1. The van der Waals surface area contributed by atoms with Gasteiger partial charge in [-0.1, -0.05) is 42.5 Å². The minimum Gasteiger partial charge on any atom is -0.336 e. The van der Waals surface area contributed by atoms with Crippen LogP contribution in [0.3, 0.4) is 0 Å². The minimum absolute atomic E-state index is 0.213. The van der Waals surface area contributed by atoms with E-state index in [1.807, 2.05) is 17.9 Å². The number of nitrogens with zero attached hydrogens (tertiary/aromatic N) is 4. The molecule has 5 nitrogen and oxygen atoms in total. The van der Waals surface area contributed by atoms with Crippen molar-refractivity contribution >= 4 is 12.0 Å². The number of aromatic nitrogens is 2. The normalized spacial score (nSPS) is 23.2. The summed E-state index contributed by atoms with van der Waals surface area (Å²) in [5.74, 6) is 0.249. The average Bonchev–Trinajstić information content (AvgIpc) is 2.74. The molecule has 0 aliphatic carbocycles. The summed E-state index contributed by atoms with van der Waals surface area (Å²) in [7, 11) is 0. The quantitative estimate of drug-likeness (QED) is 0.781. The summed E-state index contributed by atoms with van der Waals surface area (Å²) in [6, 6.07) is 10.5. The molecule has 4 rings (SSSR count). The Morgan fingerprint density at radius 2 is 1.97 bits per heavy atom. The van der Waals surface area contributed by atoms with Crippen LogP contribution in [-0.4, -0.2) is 51.9 Å². The van der Waals surface area contributed by atoms with Crippen LogP contribution in [0.1, 0.15) is 42.6 Å². The standard InChI is InChI=1S/C24H30N4O/c1-20-15-26-22(16-25-20)17-28-19-24(12-10-23(28)29)11-6-14-27(18-24)13-5-9-21-7-3-2-4-8-21/h2-5,7-9,15-16H,6,10-14,17-19H2,1H3/b9-5+. The number of carbonyl (C=O) groups is 1. The Balaban J connectivity index is 1.38. The lowest BCUT2D eigenvalue weighted by Gasteiger charge is -2.48. The molecule has 1 aromatic carbocycles. The van der Waals surface area contributed by atoms with Gasteiger partial charge in [0.05, 0.1) is 24.1 Å². The number of carbonyl (C=O) groups excluding carboxylic acids is 1. The van der Waals surface area contributed by atoms with Gasteiger partial charge in [0.25, 0.3) is 0 Å². The minimum atomic E-state index is 0.213. The molecular formula is C24H30N4O. The van der Waals surface area contributed by atoms with Crippen molar-refractivity contribution in [3.8, 4) is 0 Å². The summed E-state index contributed by atoms with van der Waals surface area (Å²) >= 11 is 0. The van der Waals surface area contributed by atoms with E-state index in [1.165, 1.54) is 18.4 Å². The summed E-state index contributed by atoms with van der Waals surface area (Å²) in [5.41, 5.74) is 3.24. The lowest BCUT2D eigenvalue weighted by Crippen LogP contribution is -2.53. The van der Waals surface area contributed by atoms with E-state index in [0.29, 0.717) is 13.0 Å². The van der Waals surface area contributed by atoms with E-state index in [1.54, 1.807) is 12.4 Å². The highest BCUT2D eigenvalue weighted by atomic mass is 16.2. The summed E-state index contributed by atoms with van der Waals surface area (Å²) in [5, 5.41) is 0. The van der Waals surface area contributed by atoms with Gasteiger partial charge in [0.2, 0.25) is 5.91 Å². The molecule has 1 unspecified atom stereocenters. The van der Waals surface area contributed by atoms with Crippen LogP contribution in [0, 0.1) is 12.3 Å². The van der Waals surface area contributed by atoms with Gasteiger partial charge in [0.15, 0.2) is 0 Å². The van der Waals surface area contributed by atoms with Crippen molar-refractivity contribution in [3.63, 3.8) is 0 Å². The second-order valence-electron chi connectivity index (χ2n) is 8.55. The van der Waals surface area contributed by atoms with Crippen LogP contribution in [0.2, 0.25) is 0 Å². The van der Waals surface area contributed by atoms with Gasteiger partial charge in [-0.2, -0.15) is 0 Å². The molecule has 1 amide bonds. The number of amides is 1. The largest absolute Gasteiger partial charge is 0.336 e. The number of piperidine rings is 2. The molecule has 2 fully saturated rings. The molecule has 2 aliphatic heterocycles. The molecule has 29 heavy (non-hydrogen) atoms. The molecule has 2 saturated heterocycles. The molecule has 3 heterocycles. The van der Waals surface area contributed by atoms with Gasteiger partial charge in [-0.3, -0.25) is 19.7 Å². The first-order valence-electron chi connectivity index (χ1n) is 10.6. The molecule has 0 N–H and O–H groups in total. The van der Waals surface area contributed by atoms with Gasteiger partial charge >= 0.3 is 0 Å². The van der Waals surface area contributed by atoms with E-state index >= 15 is 0 Å². The van der Waals surface area contributed by atoms with Gasteiger partial charge < -0.3 is 4.90 Å². The predicted molar refractivity (Wildman–Crippen MR) is 115 cm³/mol. The Morgan fingerprint density at radius 3 is 2.76 bits per heavy atom. The van der Waals surface area contributed by atoms with Crippen LogP contribution in [0.15, 0.2) is 48.8 Å². The number of aryl methyl sites for hydroxylation is 1. The maximum atomic E-state index is 12.6. The Bertz CT molecular complexity index is 849. The monoisotopic (exact) mass is 390 g/mol. The molecule has 0 radical (unpaired) electrons. The van der Waals surface area contributed by atoms with E-state index < -0.39 is 0 Å². The molecule has 2 aliphatic rings. The Hall–Kier alpha value is -2.53. The molecule has 1 aromatic heterocycles. The van der Waals surface area contributed by atoms with E-state index in [-0.39, 0.29) is 11.3 Å². The highest BCUT2D eigenvalue weighted by molar-refractivity contribution is 5.77. The van der Waals surface area contributed by atoms with Crippen LogP contribution in [0.25, 0.3) is 6.08 Å². The summed E-state index contributed by atoms with van der Waals surface area (Å²) in [6.45, 7) is 6.50. The van der Waals surface area contributed by atoms with Gasteiger partial charge in [-0.25, -0.2) is 0 Å². The zero-order valence-electron chi connectivity index (χ0n) is 17.3. The van der Waals surface area contributed by atoms with Crippen molar-refractivity contribution in [2.45, 2.75) is 39.2 Å². The highest BCUT2D eigenvalue weighted by Crippen LogP contribution is 2.39. The van der Waals surface area contributed by atoms with Crippen molar-refractivity contribution in [3.05, 3.63) is 65.8 Å². The van der Waals surface area contributed by atoms with E-state index in [9.17, 15) is 4.79 Å². The number of rotatable bonds is 5. The fourth-order valence-corrected chi connectivity index (χ4v) is 4.64. The van der Waals surface area contributed by atoms with Crippen LogP contribution in [0.4, 0.5) is 0 Å². The van der Waals surface area contributed by atoms with Gasteiger partial charge in [0.1, 0.15) is 0 Å². The van der Waals surface area contributed by atoms with Crippen molar-refractivity contribution in [1.29, 1.82) is 0 Å². The molecule has 5 heteroatoms. The lowest BCUT2D eigenvalue weighted by molar-refractivity contribution is -0.140. The fourth-order valence-electron chi connectivity index (χ4n) is 4.64. The predicted octanol–water partition coefficient (Wildman–Crippen LogP) is 3.70. The Morgan fingerprint density at radius 1 is 1.10 bits per heavy atom. The molecular weight excluding hydrogens is 360 g/mol. The van der Waals surface area contributed by atoms with Gasteiger partial charge in [0, 0.05) is 37.7 Å². The second-order valence-corrected chi connectivity index (χ2v) is 8.55. The maximum Gasteiger partial charge on any atom is 0.222 e. The molecule has 0 bridgehead atoms. The Labute approximate surface area is 173 Å². The third-order valence-corrected chi connectivity index (χ3v) is 6.15. The number of benzene rings is 1. The zero-order valence-corrected chi connectivity index (χ0v) is 17.3. The first-order chi connectivity index (χ1) is 14.1. The van der Waals surface area contributed by atoms with Crippen LogP contribution >= 0.6 is 0 Å². The van der Waals surface area contributed by atoms with E-state index in [0.717, 1.165) is 44.0 Å². The number of hydrogen-bond donors (Lipinski definition) is 0. The first kappa shape index (κ1) is 19.8. The summed E-state index contributed by atoms with van der Waals surface area (Å²) in [4.78, 5) is 25.9. The first-order valence-corrected chi connectivity index (χ1v) is 10.6. The molecule has 152 valence electrons. The van der Waals surface area contributed by atoms with Gasteiger partial charge in [-0.05, 0) is 38.3 Å².